The van der Waals surface area contributed by atoms with Gasteiger partial charge in [0.2, 0.25) is 0 Å². The van der Waals surface area contributed by atoms with Gasteiger partial charge >= 0.3 is 0 Å². The van der Waals surface area contributed by atoms with Crippen molar-refractivity contribution in [1.82, 2.24) is 13.7 Å². The second-order valence-corrected chi connectivity index (χ2v) is 24.4. The van der Waals surface area contributed by atoms with Gasteiger partial charge in [-0.3, -0.25) is 0 Å². The number of anilines is 3. The molecule has 16 rings (SSSR count). The Morgan fingerprint density at radius 3 is 1.76 bits per heavy atom. The Morgan fingerprint density at radius 2 is 1.00 bits per heavy atom. The fraction of sp³-hybridized carbons (Fsp3) is 0.114. The molecule has 0 fully saturated rings. The van der Waals surface area contributed by atoms with E-state index in [0.717, 1.165) is 17.1 Å². The Hall–Kier alpha value is -8.58. The molecule has 0 spiro atoms. The average molecular weight is 993 g/mol. The van der Waals surface area contributed by atoms with Gasteiger partial charge in [0.25, 0.3) is 6.71 Å². The van der Waals surface area contributed by atoms with E-state index in [-0.39, 0.29) is 17.5 Å². The van der Waals surface area contributed by atoms with Gasteiger partial charge in [-0.15, -0.1) is 11.3 Å². The number of hydrogen-bond acceptors (Lipinski definition) is 2. The third-order valence-electron chi connectivity index (χ3n) is 16.9. The van der Waals surface area contributed by atoms with Crippen molar-refractivity contribution in [2.75, 3.05) is 4.90 Å². The molecule has 2 aliphatic heterocycles. The van der Waals surface area contributed by atoms with E-state index in [9.17, 15) is 0 Å². The van der Waals surface area contributed by atoms with Crippen molar-refractivity contribution in [3.63, 3.8) is 0 Å². The highest BCUT2D eigenvalue weighted by molar-refractivity contribution is 7.33. The normalized spacial score (nSPS) is 13.3. The van der Waals surface area contributed by atoms with Crippen molar-refractivity contribution in [3.05, 3.63) is 223 Å². The van der Waals surface area contributed by atoms with Crippen LogP contribution >= 0.6 is 11.3 Å². The largest absolute Gasteiger partial charge is 0.310 e. The van der Waals surface area contributed by atoms with Crippen molar-refractivity contribution < 1.29 is 0 Å². The maximum Gasteiger partial charge on any atom is 0.264 e. The van der Waals surface area contributed by atoms with E-state index in [0.29, 0.717) is 0 Å². The third kappa shape index (κ3) is 6.02. The topological polar surface area (TPSA) is 18.0 Å². The van der Waals surface area contributed by atoms with Crippen LogP contribution in [0.3, 0.4) is 0 Å². The van der Waals surface area contributed by atoms with Gasteiger partial charge in [0.1, 0.15) is 0 Å². The first-order valence-electron chi connectivity index (χ1n) is 26.8. The van der Waals surface area contributed by atoms with E-state index in [4.69, 9.17) is 0 Å². The van der Waals surface area contributed by atoms with E-state index < -0.39 is 0 Å². The lowest BCUT2D eigenvalue weighted by atomic mass is 9.36. The molecule has 0 saturated heterocycles. The molecule has 6 heteroatoms. The zero-order valence-corrected chi connectivity index (χ0v) is 44.3. The maximum atomic E-state index is 2.70. The molecule has 76 heavy (non-hydrogen) atoms. The molecule has 6 heterocycles. The van der Waals surface area contributed by atoms with Crippen LogP contribution in [-0.2, 0) is 10.8 Å². The molecule has 0 aliphatic carbocycles. The Balaban J connectivity index is 1.10. The second-order valence-electron chi connectivity index (χ2n) is 23.3. The van der Waals surface area contributed by atoms with Gasteiger partial charge in [0, 0.05) is 75.4 Å². The quantitative estimate of drug-likeness (QED) is 0.161. The molecule has 0 amide bonds. The van der Waals surface area contributed by atoms with Crippen molar-refractivity contribution in [3.8, 4) is 28.2 Å². The predicted octanol–water partition coefficient (Wildman–Crippen LogP) is 17.1. The molecular formula is C70H53BN4S. The number of benzene rings is 10. The zero-order chi connectivity index (χ0) is 50.9. The lowest BCUT2D eigenvalue weighted by molar-refractivity contribution is 0.590. The molecule has 0 atom stereocenters. The molecule has 4 nitrogen and oxygen atoms in total. The molecule has 14 aromatic rings. The van der Waals surface area contributed by atoms with Gasteiger partial charge in [-0.2, -0.15) is 0 Å². The summed E-state index contributed by atoms with van der Waals surface area (Å²) in [6, 6.07) is 80.6. The number of rotatable bonds is 4. The zero-order valence-electron chi connectivity index (χ0n) is 43.5. The highest BCUT2D eigenvalue weighted by atomic mass is 32.1. The van der Waals surface area contributed by atoms with Gasteiger partial charge in [0.05, 0.1) is 39.0 Å². The minimum absolute atomic E-state index is 0.00111. The van der Waals surface area contributed by atoms with Gasteiger partial charge in [-0.05, 0) is 117 Å². The number of thiophene rings is 1. The van der Waals surface area contributed by atoms with E-state index in [2.05, 4.69) is 272 Å². The van der Waals surface area contributed by atoms with Crippen LogP contribution in [0.25, 0.3) is 104 Å². The highest BCUT2D eigenvalue weighted by Crippen LogP contribution is 2.50. The highest BCUT2D eigenvalue weighted by Gasteiger charge is 2.45. The lowest BCUT2D eigenvalue weighted by Crippen LogP contribution is -2.59. The fourth-order valence-electron chi connectivity index (χ4n) is 13.3. The summed E-state index contributed by atoms with van der Waals surface area (Å²) in [5.41, 5.74) is 22.2. The van der Waals surface area contributed by atoms with Crippen LogP contribution in [0.2, 0.25) is 0 Å². The Kier molecular flexibility index (Phi) is 8.93. The van der Waals surface area contributed by atoms with Crippen LogP contribution in [0.5, 0.6) is 0 Å². The summed E-state index contributed by atoms with van der Waals surface area (Å²) in [6.45, 7) is 14.0. The lowest BCUT2D eigenvalue weighted by Gasteiger charge is -2.39. The summed E-state index contributed by atoms with van der Waals surface area (Å²) in [6.07, 6.45) is 0. The maximum absolute atomic E-state index is 2.70. The third-order valence-corrected chi connectivity index (χ3v) is 18.1. The van der Waals surface area contributed by atoms with Gasteiger partial charge < -0.3 is 18.6 Å². The molecule has 10 aromatic carbocycles. The molecule has 0 N–H and O–H groups in total. The summed E-state index contributed by atoms with van der Waals surface area (Å²) in [7, 11) is 0. The van der Waals surface area contributed by atoms with Crippen molar-refractivity contribution in [1.29, 1.82) is 0 Å². The number of fused-ring (bicyclic) bond motifs is 16. The average Bonchev–Trinajstić information content (AvgIpc) is 4.37. The smallest absolute Gasteiger partial charge is 0.264 e. The van der Waals surface area contributed by atoms with E-state index in [1.54, 1.807) is 0 Å². The van der Waals surface area contributed by atoms with Crippen LogP contribution in [-0.4, -0.2) is 20.4 Å². The minimum atomic E-state index is -0.0312. The first-order chi connectivity index (χ1) is 37.0. The van der Waals surface area contributed by atoms with Gasteiger partial charge in [-0.1, -0.05) is 181 Å². The molecule has 4 aromatic heterocycles. The van der Waals surface area contributed by atoms with Crippen molar-refractivity contribution in [2.24, 2.45) is 0 Å². The van der Waals surface area contributed by atoms with Crippen LogP contribution in [0, 0.1) is 0 Å². The summed E-state index contributed by atoms with van der Waals surface area (Å²) in [5.74, 6) is 0. The Bertz CT molecular complexity index is 4770. The molecular weight excluding hydrogens is 940 g/mol. The molecule has 0 saturated carbocycles. The summed E-state index contributed by atoms with van der Waals surface area (Å²) in [4.78, 5) is 2.66. The number of aromatic nitrogens is 3. The number of hydrogen-bond donors (Lipinski definition) is 0. The first-order valence-corrected chi connectivity index (χ1v) is 27.6. The monoisotopic (exact) mass is 992 g/mol. The number of nitrogens with zero attached hydrogens (tertiary/aromatic N) is 4. The second kappa shape index (κ2) is 15.5. The standard InChI is InChI=1S/C70H53BN4S/c1-69(2,3)44-29-32-47(33-30-44)74-60-40-48(73-56-26-15-13-22-49(56)50-34-28-43(38-59(50)73)42-18-9-7-10-19-42)41-61-64(60)71(68-67(74)54-39-45(70(4,5)6)31-37-62(54)76-68)55-25-17-24-51-52-35-36-58-63(66(52)75(61)65(51)55)53-23-14-16-27-57(53)72(58)46-20-11-8-12-21-46/h7-41H,1-6H3. The van der Waals surface area contributed by atoms with Crippen molar-refractivity contribution >= 4 is 126 Å². The van der Waals surface area contributed by atoms with E-state index in [1.807, 2.05) is 11.3 Å². The Morgan fingerprint density at radius 1 is 0.382 bits per heavy atom. The van der Waals surface area contributed by atoms with Crippen LogP contribution in [0.1, 0.15) is 52.7 Å². The predicted molar refractivity (Wildman–Crippen MR) is 327 cm³/mol. The minimum Gasteiger partial charge on any atom is -0.310 e. The Labute approximate surface area is 446 Å². The summed E-state index contributed by atoms with van der Waals surface area (Å²) in [5, 5.41) is 8.86. The van der Waals surface area contributed by atoms with Crippen LogP contribution in [0.4, 0.5) is 17.1 Å². The first kappa shape index (κ1) is 43.8. The van der Waals surface area contributed by atoms with Crippen LogP contribution in [0.15, 0.2) is 212 Å². The van der Waals surface area contributed by atoms with E-state index in [1.165, 1.54) is 131 Å². The fourth-order valence-corrected chi connectivity index (χ4v) is 14.6. The van der Waals surface area contributed by atoms with E-state index >= 15 is 0 Å². The number of para-hydroxylation sites is 4. The molecule has 2 aliphatic rings. The molecule has 0 unspecified atom stereocenters. The SMILES string of the molecule is CC(C)(C)c1ccc(N2c3cc(-n4c5ccccc5c5ccc(-c6ccccc6)cc54)cc4c3B(c3sc5ccc(C(C)(C)C)cc5c32)c2cccc3c5ccc6c(c7ccccc7n6-c6ccccc6)c5n-4c23)cc1. The summed E-state index contributed by atoms with van der Waals surface area (Å²) >= 11 is 1.98. The molecule has 0 bridgehead atoms. The van der Waals surface area contributed by atoms with Crippen LogP contribution < -0.4 is 20.6 Å². The summed E-state index contributed by atoms with van der Waals surface area (Å²) < 4.78 is 10.4. The molecule has 0 radical (unpaired) electrons. The molecule has 362 valence electrons. The van der Waals surface area contributed by atoms with Crippen molar-refractivity contribution in [2.45, 2.75) is 52.4 Å². The van der Waals surface area contributed by atoms with Gasteiger partial charge in [-0.25, -0.2) is 0 Å². The van der Waals surface area contributed by atoms with Gasteiger partial charge in [0.15, 0.2) is 0 Å².